The number of fused-ring (bicyclic) bond motifs is 5. The Morgan fingerprint density at radius 3 is 2.54 bits per heavy atom. The molecule has 3 N–H and O–H groups in total. The SMILES string of the molecule is C[C@]12CCCC[C@@H]1CC[C@@H]1[C@@H]2[C@@H](O)C[C@@]2(C)[C@H]1CC[C@]2(O)CCO. The molecule has 0 spiro atoms. The highest BCUT2D eigenvalue weighted by atomic mass is 16.3. The summed E-state index contributed by atoms with van der Waals surface area (Å²) in [6, 6.07) is 0. The Morgan fingerprint density at radius 1 is 1.00 bits per heavy atom. The van der Waals surface area contributed by atoms with Gasteiger partial charge in [-0.25, -0.2) is 0 Å². The van der Waals surface area contributed by atoms with Crippen LogP contribution in [-0.2, 0) is 0 Å². The Balaban J connectivity index is 1.68. The van der Waals surface area contributed by atoms with Crippen molar-refractivity contribution in [2.24, 2.45) is 34.5 Å². The minimum atomic E-state index is -0.789. The molecule has 0 aliphatic heterocycles. The largest absolute Gasteiger partial charge is 0.396 e. The van der Waals surface area contributed by atoms with E-state index < -0.39 is 5.60 Å². The molecule has 0 aromatic rings. The van der Waals surface area contributed by atoms with Crippen LogP contribution in [0, 0.1) is 34.5 Å². The summed E-state index contributed by atoms with van der Waals surface area (Å²) < 4.78 is 0. The minimum absolute atomic E-state index is 0.0444. The predicted molar refractivity (Wildman–Crippen MR) is 94.4 cm³/mol. The zero-order chi connectivity index (χ0) is 17.2. The van der Waals surface area contributed by atoms with Gasteiger partial charge in [0, 0.05) is 12.0 Å². The minimum Gasteiger partial charge on any atom is -0.396 e. The first-order chi connectivity index (χ1) is 11.4. The molecule has 0 unspecified atom stereocenters. The quantitative estimate of drug-likeness (QED) is 0.723. The van der Waals surface area contributed by atoms with Crippen LogP contribution in [0.25, 0.3) is 0 Å². The highest BCUT2D eigenvalue weighted by molar-refractivity contribution is 5.15. The Morgan fingerprint density at radius 2 is 1.79 bits per heavy atom. The van der Waals surface area contributed by atoms with Gasteiger partial charge in [-0.2, -0.15) is 0 Å². The van der Waals surface area contributed by atoms with Gasteiger partial charge in [0.25, 0.3) is 0 Å². The highest BCUT2D eigenvalue weighted by Crippen LogP contribution is 2.68. The third kappa shape index (κ3) is 2.13. The van der Waals surface area contributed by atoms with E-state index in [1.54, 1.807) is 0 Å². The summed E-state index contributed by atoms with van der Waals surface area (Å²) in [4.78, 5) is 0. The normalized spacial score (nSPS) is 57.1. The Labute approximate surface area is 146 Å². The Kier molecular flexibility index (Phi) is 4.10. The van der Waals surface area contributed by atoms with Crippen molar-refractivity contribution in [3.05, 3.63) is 0 Å². The summed E-state index contributed by atoms with van der Waals surface area (Å²) in [5, 5.41) is 32.0. The van der Waals surface area contributed by atoms with Crippen LogP contribution < -0.4 is 0 Å². The predicted octanol–water partition coefficient (Wildman–Crippen LogP) is 3.50. The Hall–Kier alpha value is -0.120. The number of aliphatic hydroxyl groups is 3. The first kappa shape index (κ1) is 17.3. The fourth-order valence-corrected chi connectivity index (χ4v) is 8.11. The molecule has 24 heavy (non-hydrogen) atoms. The molecular weight excluding hydrogens is 300 g/mol. The number of aliphatic hydroxyl groups excluding tert-OH is 2. The van der Waals surface area contributed by atoms with E-state index in [1.165, 1.54) is 38.5 Å². The van der Waals surface area contributed by atoms with Crippen molar-refractivity contribution in [1.82, 2.24) is 0 Å². The van der Waals surface area contributed by atoms with Gasteiger partial charge < -0.3 is 15.3 Å². The summed E-state index contributed by atoms with van der Waals surface area (Å²) in [6.45, 7) is 4.71. The molecule has 0 aromatic carbocycles. The summed E-state index contributed by atoms with van der Waals surface area (Å²) in [7, 11) is 0. The summed E-state index contributed by atoms with van der Waals surface area (Å²) in [5.74, 6) is 2.29. The summed E-state index contributed by atoms with van der Waals surface area (Å²) in [6.07, 6.45) is 10.6. The molecule has 3 nitrogen and oxygen atoms in total. The topological polar surface area (TPSA) is 60.7 Å². The maximum atomic E-state index is 11.3. The van der Waals surface area contributed by atoms with Gasteiger partial charge in [-0.3, -0.25) is 0 Å². The average Bonchev–Trinajstić information content (AvgIpc) is 2.78. The molecular formula is C21H36O3. The van der Waals surface area contributed by atoms with Gasteiger partial charge in [0.05, 0.1) is 11.7 Å². The third-order valence-electron chi connectivity index (χ3n) is 9.36. The van der Waals surface area contributed by atoms with Gasteiger partial charge in [0.15, 0.2) is 0 Å². The van der Waals surface area contributed by atoms with Crippen molar-refractivity contribution in [3.63, 3.8) is 0 Å². The lowest BCUT2D eigenvalue weighted by atomic mass is 9.43. The summed E-state index contributed by atoms with van der Waals surface area (Å²) >= 11 is 0. The second-order valence-electron chi connectivity index (χ2n) is 10.1. The van der Waals surface area contributed by atoms with Crippen molar-refractivity contribution in [1.29, 1.82) is 0 Å². The number of hydrogen-bond donors (Lipinski definition) is 3. The number of hydrogen-bond acceptors (Lipinski definition) is 3. The van der Waals surface area contributed by atoms with E-state index in [4.69, 9.17) is 0 Å². The van der Waals surface area contributed by atoms with Gasteiger partial charge in [0.1, 0.15) is 0 Å². The first-order valence-electron chi connectivity index (χ1n) is 10.4. The molecule has 3 heteroatoms. The maximum absolute atomic E-state index is 11.3. The maximum Gasteiger partial charge on any atom is 0.0726 e. The van der Waals surface area contributed by atoms with E-state index in [-0.39, 0.29) is 18.1 Å². The van der Waals surface area contributed by atoms with Gasteiger partial charge in [-0.1, -0.05) is 26.7 Å². The molecule has 0 amide bonds. The fourth-order valence-electron chi connectivity index (χ4n) is 8.11. The molecule has 4 aliphatic rings. The molecule has 0 bridgehead atoms. The van der Waals surface area contributed by atoms with Crippen molar-refractivity contribution in [3.8, 4) is 0 Å². The second kappa shape index (κ2) is 5.69. The third-order valence-corrected chi connectivity index (χ3v) is 9.36. The van der Waals surface area contributed by atoms with Crippen LogP contribution in [-0.4, -0.2) is 33.6 Å². The lowest BCUT2D eigenvalue weighted by Crippen LogP contribution is -2.61. The van der Waals surface area contributed by atoms with Gasteiger partial charge in [0.2, 0.25) is 0 Å². The molecule has 0 heterocycles. The van der Waals surface area contributed by atoms with Crippen molar-refractivity contribution >= 4 is 0 Å². The van der Waals surface area contributed by atoms with Crippen LogP contribution in [0.1, 0.15) is 78.1 Å². The lowest BCUT2D eigenvalue weighted by Gasteiger charge is -2.62. The van der Waals surface area contributed by atoms with Gasteiger partial charge in [-0.05, 0) is 80.5 Å². The molecule has 4 saturated carbocycles. The van der Waals surface area contributed by atoms with E-state index in [0.717, 1.165) is 25.2 Å². The summed E-state index contributed by atoms with van der Waals surface area (Å²) in [5.41, 5.74) is -0.712. The molecule has 138 valence electrons. The zero-order valence-corrected chi connectivity index (χ0v) is 15.5. The second-order valence-corrected chi connectivity index (χ2v) is 10.1. The lowest BCUT2D eigenvalue weighted by molar-refractivity contribution is -0.198. The van der Waals surface area contributed by atoms with Gasteiger partial charge >= 0.3 is 0 Å². The smallest absolute Gasteiger partial charge is 0.0726 e. The van der Waals surface area contributed by atoms with Crippen LogP contribution in [0.5, 0.6) is 0 Å². The van der Waals surface area contributed by atoms with Crippen molar-refractivity contribution < 1.29 is 15.3 Å². The van der Waals surface area contributed by atoms with E-state index in [9.17, 15) is 15.3 Å². The standard InChI is InChI=1S/C21H36O3/c1-19-9-4-3-5-14(19)6-7-15-16-8-10-21(24,11-12-22)20(16,2)13-17(23)18(15)19/h14-18,22-24H,3-13H2,1-2H3/t14-,15+,16+,17+,18-,19+,20+,21+/m1/s1. The zero-order valence-electron chi connectivity index (χ0n) is 15.5. The molecule has 4 fully saturated rings. The molecule has 4 rings (SSSR count). The van der Waals surface area contributed by atoms with Crippen molar-refractivity contribution in [2.45, 2.75) is 89.8 Å². The van der Waals surface area contributed by atoms with Crippen LogP contribution >= 0.6 is 0 Å². The molecule has 0 radical (unpaired) electrons. The first-order valence-corrected chi connectivity index (χ1v) is 10.4. The fraction of sp³-hybridized carbons (Fsp3) is 1.00. The van der Waals surface area contributed by atoms with E-state index in [1.807, 2.05) is 0 Å². The molecule has 8 atom stereocenters. The molecule has 0 aromatic heterocycles. The molecule has 4 aliphatic carbocycles. The van der Waals surface area contributed by atoms with Crippen LogP contribution in [0.3, 0.4) is 0 Å². The Bertz CT molecular complexity index is 493. The van der Waals surface area contributed by atoms with E-state index in [2.05, 4.69) is 13.8 Å². The number of rotatable bonds is 2. The van der Waals surface area contributed by atoms with E-state index >= 15 is 0 Å². The van der Waals surface area contributed by atoms with Crippen LogP contribution in [0.15, 0.2) is 0 Å². The monoisotopic (exact) mass is 336 g/mol. The molecule has 0 saturated heterocycles. The van der Waals surface area contributed by atoms with E-state index in [0.29, 0.717) is 29.6 Å². The van der Waals surface area contributed by atoms with Crippen molar-refractivity contribution in [2.75, 3.05) is 6.61 Å². The van der Waals surface area contributed by atoms with Crippen LogP contribution in [0.4, 0.5) is 0 Å². The average molecular weight is 337 g/mol. The van der Waals surface area contributed by atoms with Crippen LogP contribution in [0.2, 0.25) is 0 Å². The highest BCUT2D eigenvalue weighted by Gasteiger charge is 2.66. The van der Waals surface area contributed by atoms with Gasteiger partial charge in [-0.15, -0.1) is 0 Å².